The minimum absolute atomic E-state index is 0. The summed E-state index contributed by atoms with van der Waals surface area (Å²) in [5.74, 6) is 2.70. The van der Waals surface area contributed by atoms with E-state index in [0.29, 0.717) is 36.1 Å². The molecule has 0 saturated heterocycles. The van der Waals surface area contributed by atoms with Gasteiger partial charge in [0.05, 0.1) is 32.0 Å². The number of hydrogen-bond donors (Lipinski definition) is 0. The Hall–Kier alpha value is -3.19. The first kappa shape index (κ1) is 20.1. The van der Waals surface area contributed by atoms with Gasteiger partial charge in [-0.3, -0.25) is 4.79 Å². The number of fused-ring (bicyclic) bond motifs is 5. The maximum atomic E-state index is 12.4. The number of aromatic nitrogens is 1. The minimum Gasteiger partial charge on any atom is -1.00 e. The predicted molar refractivity (Wildman–Crippen MR) is 107 cm³/mol. The fourth-order valence-corrected chi connectivity index (χ4v) is 4.05. The number of benzene rings is 2. The molecule has 8 heteroatoms. The molecule has 0 aliphatic carbocycles. The largest absolute Gasteiger partial charge is 1.00 e. The fourth-order valence-electron chi connectivity index (χ4n) is 4.05. The standard InChI is InChI=1S/C22H21N2O5.ClH/c1-13(25)24-5-4-23-11-15-8-20(27-3)19(26-2)7-14(15)6-17(23)16-9-21-22(10-18(16)24)29-12-28-21;/h6-11H,4-5,12H2,1-3H3;1H/q+1;/p-1. The number of halogens is 1. The van der Waals surface area contributed by atoms with Crippen LogP contribution in [0.4, 0.5) is 5.69 Å². The van der Waals surface area contributed by atoms with Gasteiger partial charge in [-0.05, 0) is 17.5 Å². The van der Waals surface area contributed by atoms with Gasteiger partial charge in [0.2, 0.25) is 18.4 Å². The molecule has 0 N–H and O–H groups in total. The lowest BCUT2D eigenvalue weighted by Gasteiger charge is -2.19. The minimum atomic E-state index is -0.00795. The number of ether oxygens (including phenoxy) is 4. The SMILES string of the molecule is COc1cc2cc3[n+](cc2cc1OC)CCN(C(C)=O)c1cc2c(cc1-3)OCO2.[Cl-]. The smallest absolute Gasteiger partial charge is 0.231 e. The van der Waals surface area contributed by atoms with E-state index in [-0.39, 0.29) is 25.1 Å². The lowest BCUT2D eigenvalue weighted by Crippen LogP contribution is -3.00. The van der Waals surface area contributed by atoms with E-state index < -0.39 is 0 Å². The Labute approximate surface area is 180 Å². The molecule has 156 valence electrons. The Morgan fingerprint density at radius 2 is 1.67 bits per heavy atom. The first-order chi connectivity index (χ1) is 14.1. The number of methoxy groups -OCH3 is 2. The maximum absolute atomic E-state index is 12.4. The van der Waals surface area contributed by atoms with Crippen molar-refractivity contribution < 1.29 is 40.7 Å². The molecule has 0 radical (unpaired) electrons. The average Bonchev–Trinajstić information content (AvgIpc) is 3.12. The van der Waals surface area contributed by atoms with Crippen LogP contribution in [0.3, 0.4) is 0 Å². The van der Waals surface area contributed by atoms with Crippen molar-refractivity contribution in [1.82, 2.24) is 0 Å². The first-order valence-electron chi connectivity index (χ1n) is 9.40. The van der Waals surface area contributed by atoms with Gasteiger partial charge in [0.1, 0.15) is 0 Å². The van der Waals surface area contributed by atoms with Gasteiger partial charge in [-0.15, -0.1) is 0 Å². The summed E-state index contributed by atoms with van der Waals surface area (Å²) in [5.41, 5.74) is 2.76. The third kappa shape index (κ3) is 3.06. The highest BCUT2D eigenvalue weighted by atomic mass is 35.5. The van der Waals surface area contributed by atoms with E-state index in [1.54, 1.807) is 26.0 Å². The number of carbonyl (C=O) groups is 1. The van der Waals surface area contributed by atoms with Crippen LogP contribution in [-0.2, 0) is 11.3 Å². The molecule has 7 nitrogen and oxygen atoms in total. The van der Waals surface area contributed by atoms with Crippen LogP contribution in [0.25, 0.3) is 22.0 Å². The summed E-state index contributed by atoms with van der Waals surface area (Å²) in [4.78, 5) is 14.2. The van der Waals surface area contributed by atoms with Crippen LogP contribution < -0.4 is 40.8 Å². The van der Waals surface area contributed by atoms with Crippen LogP contribution in [0, 0.1) is 0 Å². The number of carbonyl (C=O) groups excluding carboxylic acids is 1. The Balaban J connectivity index is 0.00000218. The van der Waals surface area contributed by atoms with Gasteiger partial charge in [0.25, 0.3) is 0 Å². The first-order valence-corrected chi connectivity index (χ1v) is 9.40. The number of nitrogens with zero attached hydrogens (tertiary/aromatic N) is 2. The molecule has 0 atom stereocenters. The molecule has 1 aromatic heterocycles. The van der Waals surface area contributed by atoms with Gasteiger partial charge in [-0.1, -0.05) is 0 Å². The van der Waals surface area contributed by atoms with Crippen LogP contribution in [-0.4, -0.2) is 33.5 Å². The van der Waals surface area contributed by atoms with Crippen molar-refractivity contribution >= 4 is 22.4 Å². The van der Waals surface area contributed by atoms with Crippen molar-refractivity contribution in [3.63, 3.8) is 0 Å². The topological polar surface area (TPSA) is 61.1 Å². The molecule has 5 rings (SSSR count). The van der Waals surface area contributed by atoms with Crippen molar-refractivity contribution in [2.24, 2.45) is 0 Å². The van der Waals surface area contributed by atoms with E-state index in [4.69, 9.17) is 18.9 Å². The van der Waals surface area contributed by atoms with Gasteiger partial charge in [-0.25, -0.2) is 0 Å². The molecule has 2 aromatic carbocycles. The molecule has 0 saturated carbocycles. The molecule has 0 unspecified atom stereocenters. The molecule has 0 spiro atoms. The molecule has 1 amide bonds. The summed E-state index contributed by atoms with van der Waals surface area (Å²) in [6, 6.07) is 9.90. The van der Waals surface area contributed by atoms with Crippen LogP contribution >= 0.6 is 0 Å². The van der Waals surface area contributed by atoms with Crippen molar-refractivity contribution in [2.45, 2.75) is 13.5 Å². The van der Waals surface area contributed by atoms with E-state index in [1.165, 1.54) is 0 Å². The highest BCUT2D eigenvalue weighted by Crippen LogP contribution is 2.43. The number of pyridine rings is 1. The van der Waals surface area contributed by atoms with E-state index >= 15 is 0 Å². The van der Waals surface area contributed by atoms with Crippen molar-refractivity contribution in [1.29, 1.82) is 0 Å². The molecule has 0 fully saturated rings. The quantitative estimate of drug-likeness (QED) is 0.534. The molecule has 2 aliphatic heterocycles. The second-order valence-corrected chi connectivity index (χ2v) is 7.08. The molecule has 2 aliphatic rings. The lowest BCUT2D eigenvalue weighted by molar-refractivity contribution is -0.681. The summed E-state index contributed by atoms with van der Waals surface area (Å²) in [6.07, 6.45) is 2.09. The Morgan fingerprint density at radius 1 is 1.00 bits per heavy atom. The van der Waals surface area contributed by atoms with Crippen LogP contribution in [0.5, 0.6) is 23.0 Å². The van der Waals surface area contributed by atoms with Crippen molar-refractivity contribution in [3.05, 3.63) is 36.5 Å². The van der Waals surface area contributed by atoms with Gasteiger partial charge >= 0.3 is 0 Å². The highest BCUT2D eigenvalue weighted by molar-refractivity contribution is 5.98. The molecule has 3 heterocycles. The predicted octanol–water partition coefficient (Wildman–Crippen LogP) is -0.0893. The summed E-state index contributed by atoms with van der Waals surface area (Å²) in [7, 11) is 3.26. The third-order valence-corrected chi connectivity index (χ3v) is 5.49. The van der Waals surface area contributed by atoms with Crippen LogP contribution in [0.15, 0.2) is 36.5 Å². The Morgan fingerprint density at radius 3 is 2.33 bits per heavy atom. The zero-order chi connectivity index (χ0) is 20.1. The van der Waals surface area contributed by atoms with Crippen LogP contribution in [0.1, 0.15) is 6.92 Å². The number of amides is 1. The fraction of sp³-hybridized carbons (Fsp3) is 0.273. The summed E-state index contributed by atoms with van der Waals surface area (Å²) < 4.78 is 24.2. The number of rotatable bonds is 2. The average molecular weight is 429 g/mol. The van der Waals surface area contributed by atoms with Gasteiger partial charge < -0.3 is 36.3 Å². The summed E-state index contributed by atoms with van der Waals surface area (Å²) >= 11 is 0. The summed E-state index contributed by atoms with van der Waals surface area (Å²) in [6.45, 7) is 3.01. The zero-order valence-electron chi connectivity index (χ0n) is 16.9. The van der Waals surface area contributed by atoms with Gasteiger partial charge in [0, 0.05) is 30.5 Å². The van der Waals surface area contributed by atoms with Gasteiger partial charge in [0.15, 0.2) is 35.7 Å². The molecule has 30 heavy (non-hydrogen) atoms. The molecule has 3 aromatic rings. The van der Waals surface area contributed by atoms with Crippen molar-refractivity contribution in [2.75, 3.05) is 32.5 Å². The van der Waals surface area contributed by atoms with Gasteiger partial charge in [-0.2, -0.15) is 4.57 Å². The monoisotopic (exact) mass is 428 g/mol. The van der Waals surface area contributed by atoms with E-state index in [9.17, 15) is 4.79 Å². The third-order valence-electron chi connectivity index (χ3n) is 5.49. The second kappa shape index (κ2) is 7.57. The van der Waals surface area contributed by atoms with E-state index in [0.717, 1.165) is 27.7 Å². The second-order valence-electron chi connectivity index (χ2n) is 7.08. The highest BCUT2D eigenvalue weighted by Gasteiger charge is 2.31. The van der Waals surface area contributed by atoms with E-state index in [1.807, 2.05) is 24.3 Å². The normalized spacial score (nSPS) is 13.8. The maximum Gasteiger partial charge on any atom is 0.231 e. The Kier molecular flexibility index (Phi) is 5.07. The van der Waals surface area contributed by atoms with E-state index in [2.05, 4.69) is 16.8 Å². The molecular weight excluding hydrogens is 408 g/mol. The lowest BCUT2D eigenvalue weighted by atomic mass is 10.0. The number of anilines is 1. The van der Waals surface area contributed by atoms with Crippen molar-refractivity contribution in [3.8, 4) is 34.3 Å². The Bertz CT molecular complexity index is 1160. The molecule has 0 bridgehead atoms. The zero-order valence-corrected chi connectivity index (χ0v) is 17.7. The summed E-state index contributed by atoms with van der Waals surface area (Å²) in [5, 5.41) is 2.05. The van der Waals surface area contributed by atoms with Crippen LogP contribution in [0.2, 0.25) is 0 Å². The number of hydrogen-bond acceptors (Lipinski definition) is 5. The molecular formula is C22H21ClN2O5.